The summed E-state index contributed by atoms with van der Waals surface area (Å²) in [5.74, 6) is -0.881. The zero-order valence-electron chi connectivity index (χ0n) is 7.70. The van der Waals surface area contributed by atoms with Gasteiger partial charge in [0.15, 0.2) is 0 Å². The second-order valence-electron chi connectivity index (χ2n) is 3.30. The van der Waals surface area contributed by atoms with Crippen molar-refractivity contribution in [1.29, 1.82) is 0 Å². The number of nitrogens with one attached hydrogen (secondary N) is 1. The predicted molar refractivity (Wildman–Crippen MR) is 49.0 cm³/mol. The van der Waals surface area contributed by atoms with Crippen molar-refractivity contribution in [3.05, 3.63) is 0 Å². The fraction of sp³-hybridized carbons (Fsp3) is 0.875. The zero-order chi connectivity index (χ0) is 9.68. The van der Waals surface area contributed by atoms with E-state index in [2.05, 4.69) is 5.43 Å². The van der Waals surface area contributed by atoms with Crippen LogP contribution in [-0.4, -0.2) is 41.8 Å². The summed E-state index contributed by atoms with van der Waals surface area (Å²) >= 11 is 0. The lowest BCUT2D eigenvalue weighted by atomic mass is 10.2. The van der Waals surface area contributed by atoms with Crippen LogP contribution in [0.25, 0.3) is 0 Å². The topological polar surface area (TPSA) is 78.6 Å². The van der Waals surface area contributed by atoms with Crippen molar-refractivity contribution >= 4 is 5.97 Å². The quantitative estimate of drug-likeness (QED) is 0.547. The molecule has 1 aliphatic heterocycles. The normalized spacial score (nSPS) is 21.3. The summed E-state index contributed by atoms with van der Waals surface area (Å²) in [7, 11) is 0. The van der Waals surface area contributed by atoms with Gasteiger partial charge in [-0.2, -0.15) is 0 Å². The largest absolute Gasteiger partial charge is 0.480 e. The number of hydrogen-bond acceptors (Lipinski definition) is 4. The summed E-state index contributed by atoms with van der Waals surface area (Å²) < 4.78 is 0. The maximum atomic E-state index is 10.6. The molecule has 0 aromatic carbocycles. The molecule has 0 aromatic rings. The van der Waals surface area contributed by atoms with Crippen molar-refractivity contribution in [2.45, 2.75) is 25.3 Å². The number of piperidine rings is 1. The van der Waals surface area contributed by atoms with Gasteiger partial charge < -0.3 is 10.8 Å². The smallest absolute Gasteiger partial charge is 0.323 e. The standard InChI is InChI=1S/C8H17N3O2/c9-6-7(8(12)13)10-11-4-2-1-3-5-11/h7,10H,1-6,9H2,(H,12,13). The molecule has 4 N–H and O–H groups in total. The van der Waals surface area contributed by atoms with Crippen LogP contribution in [0.4, 0.5) is 0 Å². The van der Waals surface area contributed by atoms with Crippen molar-refractivity contribution in [3.63, 3.8) is 0 Å². The third-order valence-corrected chi connectivity index (χ3v) is 2.23. The Morgan fingerprint density at radius 3 is 2.54 bits per heavy atom. The monoisotopic (exact) mass is 187 g/mol. The summed E-state index contributed by atoms with van der Waals surface area (Å²) in [4.78, 5) is 10.6. The Labute approximate surface area is 77.9 Å². The Bertz CT molecular complexity index is 169. The molecule has 1 unspecified atom stereocenters. The third kappa shape index (κ3) is 3.30. The van der Waals surface area contributed by atoms with E-state index >= 15 is 0 Å². The van der Waals surface area contributed by atoms with Gasteiger partial charge in [-0.1, -0.05) is 6.42 Å². The molecular formula is C8H17N3O2. The van der Waals surface area contributed by atoms with Crippen LogP contribution in [0.1, 0.15) is 19.3 Å². The van der Waals surface area contributed by atoms with Gasteiger partial charge in [-0.05, 0) is 12.8 Å². The van der Waals surface area contributed by atoms with Gasteiger partial charge in [0, 0.05) is 19.6 Å². The van der Waals surface area contributed by atoms with E-state index in [-0.39, 0.29) is 6.54 Å². The van der Waals surface area contributed by atoms with E-state index in [0.717, 1.165) is 25.9 Å². The molecule has 0 saturated carbocycles. The van der Waals surface area contributed by atoms with Gasteiger partial charge in [-0.25, -0.2) is 10.4 Å². The van der Waals surface area contributed by atoms with Crippen LogP contribution in [0, 0.1) is 0 Å². The molecule has 0 radical (unpaired) electrons. The molecule has 5 heteroatoms. The number of rotatable bonds is 4. The van der Waals surface area contributed by atoms with Crippen LogP contribution in [0.5, 0.6) is 0 Å². The van der Waals surface area contributed by atoms with Gasteiger partial charge in [0.2, 0.25) is 0 Å². The van der Waals surface area contributed by atoms with Crippen molar-refractivity contribution in [2.24, 2.45) is 5.73 Å². The summed E-state index contributed by atoms with van der Waals surface area (Å²) in [6, 6.07) is -0.641. The van der Waals surface area contributed by atoms with Gasteiger partial charge >= 0.3 is 5.97 Å². The molecule has 0 bridgehead atoms. The lowest BCUT2D eigenvalue weighted by molar-refractivity contribution is -0.140. The highest BCUT2D eigenvalue weighted by atomic mass is 16.4. The first-order chi connectivity index (χ1) is 6.24. The van der Waals surface area contributed by atoms with Crippen molar-refractivity contribution in [3.8, 4) is 0 Å². The highest BCUT2D eigenvalue weighted by molar-refractivity contribution is 5.73. The van der Waals surface area contributed by atoms with Gasteiger partial charge in [0.25, 0.3) is 0 Å². The van der Waals surface area contributed by atoms with Crippen molar-refractivity contribution in [2.75, 3.05) is 19.6 Å². The molecule has 0 spiro atoms. The first-order valence-corrected chi connectivity index (χ1v) is 4.68. The lowest BCUT2D eigenvalue weighted by Gasteiger charge is -2.29. The second-order valence-corrected chi connectivity index (χ2v) is 3.30. The highest BCUT2D eigenvalue weighted by Gasteiger charge is 2.19. The molecule has 1 rings (SSSR count). The van der Waals surface area contributed by atoms with Gasteiger partial charge in [-0.15, -0.1) is 0 Å². The number of carboxylic acid groups (broad SMARTS) is 1. The van der Waals surface area contributed by atoms with Crippen LogP contribution in [0.3, 0.4) is 0 Å². The number of aliphatic carboxylic acids is 1. The van der Waals surface area contributed by atoms with Crippen molar-refractivity contribution < 1.29 is 9.90 Å². The van der Waals surface area contributed by atoms with E-state index < -0.39 is 12.0 Å². The Kier molecular flexibility index (Phi) is 4.14. The Morgan fingerprint density at radius 2 is 2.08 bits per heavy atom. The zero-order valence-corrected chi connectivity index (χ0v) is 7.70. The SMILES string of the molecule is NCC(NN1CCCCC1)C(=O)O. The third-order valence-electron chi connectivity index (χ3n) is 2.23. The molecule has 13 heavy (non-hydrogen) atoms. The average Bonchev–Trinajstić information content (AvgIpc) is 2.15. The van der Waals surface area contributed by atoms with Crippen molar-refractivity contribution in [1.82, 2.24) is 10.4 Å². The highest BCUT2D eigenvalue weighted by Crippen LogP contribution is 2.06. The van der Waals surface area contributed by atoms with Gasteiger partial charge in [0.1, 0.15) is 6.04 Å². The number of hydrogen-bond donors (Lipinski definition) is 3. The van der Waals surface area contributed by atoms with E-state index in [1.54, 1.807) is 0 Å². The number of hydrazine groups is 1. The van der Waals surface area contributed by atoms with E-state index in [0.29, 0.717) is 0 Å². The van der Waals surface area contributed by atoms with Gasteiger partial charge in [-0.3, -0.25) is 4.79 Å². The van der Waals surface area contributed by atoms with Crippen LogP contribution >= 0.6 is 0 Å². The van der Waals surface area contributed by atoms with E-state index in [4.69, 9.17) is 10.8 Å². The molecular weight excluding hydrogens is 170 g/mol. The first-order valence-electron chi connectivity index (χ1n) is 4.68. The summed E-state index contributed by atoms with van der Waals surface area (Å²) in [6.07, 6.45) is 3.49. The van der Waals surface area contributed by atoms with Crippen LogP contribution < -0.4 is 11.2 Å². The van der Waals surface area contributed by atoms with E-state index in [1.807, 2.05) is 5.01 Å². The maximum Gasteiger partial charge on any atom is 0.323 e. The molecule has 1 saturated heterocycles. The second kappa shape index (κ2) is 5.16. The predicted octanol–water partition coefficient (Wildman–Crippen LogP) is -0.611. The van der Waals surface area contributed by atoms with E-state index in [9.17, 15) is 4.79 Å². The van der Waals surface area contributed by atoms with E-state index in [1.165, 1.54) is 6.42 Å². The minimum absolute atomic E-state index is 0.131. The fourth-order valence-electron chi connectivity index (χ4n) is 1.45. The number of carboxylic acids is 1. The molecule has 5 nitrogen and oxygen atoms in total. The van der Waals surface area contributed by atoms with Gasteiger partial charge in [0.05, 0.1) is 0 Å². The molecule has 0 amide bonds. The lowest BCUT2D eigenvalue weighted by Crippen LogP contribution is -2.53. The molecule has 0 aliphatic carbocycles. The Balaban J connectivity index is 2.31. The first kappa shape index (κ1) is 10.4. The average molecular weight is 187 g/mol. The number of carbonyl (C=O) groups is 1. The Hall–Kier alpha value is -0.650. The summed E-state index contributed by atoms with van der Waals surface area (Å²) in [6.45, 7) is 1.97. The molecule has 0 aromatic heterocycles. The maximum absolute atomic E-state index is 10.6. The fourth-order valence-corrected chi connectivity index (χ4v) is 1.45. The number of nitrogens with zero attached hydrogens (tertiary/aromatic N) is 1. The molecule has 1 aliphatic rings. The molecule has 1 fully saturated rings. The van der Waals surface area contributed by atoms with Crippen LogP contribution in [0.15, 0.2) is 0 Å². The number of nitrogens with two attached hydrogens (primary N) is 1. The Morgan fingerprint density at radius 1 is 1.46 bits per heavy atom. The minimum atomic E-state index is -0.881. The summed E-state index contributed by atoms with van der Waals surface area (Å²) in [5.41, 5.74) is 8.23. The molecule has 76 valence electrons. The van der Waals surface area contributed by atoms with Crippen LogP contribution in [-0.2, 0) is 4.79 Å². The molecule has 1 atom stereocenters. The van der Waals surface area contributed by atoms with Crippen LogP contribution in [0.2, 0.25) is 0 Å². The molecule has 1 heterocycles. The minimum Gasteiger partial charge on any atom is -0.480 e. The summed E-state index contributed by atoms with van der Waals surface area (Å²) in [5, 5.41) is 10.7.